The maximum absolute atomic E-state index is 13.9. The third-order valence-corrected chi connectivity index (χ3v) is 8.44. The van der Waals surface area contributed by atoms with Crippen molar-refractivity contribution in [2.45, 2.75) is 57.6 Å². The Hall–Kier alpha value is -3.43. The number of nitrogens with one attached hydrogen (secondary N) is 1. The van der Waals surface area contributed by atoms with Crippen LogP contribution in [0.25, 0.3) is 0 Å². The summed E-state index contributed by atoms with van der Waals surface area (Å²) < 4.78 is 42.1. The Kier molecular flexibility index (Phi) is 10.1. The number of halogens is 2. The number of rotatable bonds is 11. The van der Waals surface area contributed by atoms with E-state index < -0.39 is 34.3 Å². The summed E-state index contributed by atoms with van der Waals surface area (Å²) in [6, 6.07) is 17.0. The van der Waals surface area contributed by atoms with Crippen molar-refractivity contribution < 1.29 is 22.4 Å². The van der Waals surface area contributed by atoms with E-state index >= 15 is 0 Å². The summed E-state index contributed by atoms with van der Waals surface area (Å²) in [6.07, 6.45) is 0.699. The molecule has 0 aliphatic carbocycles. The SMILES string of the molecule is CC[C@H](C)NC(=O)[C@@H](C)N(Cc1ccc(F)cc1)C(=O)CN(c1cccc(C)c1)S(=O)(=O)c1ccc(Cl)cc1. The molecule has 0 aliphatic rings. The van der Waals surface area contributed by atoms with Crippen LogP contribution in [0, 0.1) is 12.7 Å². The molecule has 0 bridgehead atoms. The van der Waals surface area contributed by atoms with Crippen molar-refractivity contribution in [1.82, 2.24) is 10.2 Å². The van der Waals surface area contributed by atoms with Crippen molar-refractivity contribution >= 4 is 39.1 Å². The second kappa shape index (κ2) is 13.1. The van der Waals surface area contributed by atoms with E-state index in [2.05, 4.69) is 5.32 Å². The molecule has 3 aromatic rings. The normalized spacial score (nSPS) is 12.9. The van der Waals surface area contributed by atoms with Crippen molar-refractivity contribution in [2.24, 2.45) is 0 Å². The number of hydrogen-bond donors (Lipinski definition) is 1. The average Bonchev–Trinajstić information content (AvgIpc) is 2.90. The lowest BCUT2D eigenvalue weighted by Gasteiger charge is -2.32. The summed E-state index contributed by atoms with van der Waals surface area (Å²) in [5.74, 6) is -1.40. The van der Waals surface area contributed by atoms with Gasteiger partial charge in [0, 0.05) is 17.6 Å². The molecule has 2 atom stereocenters. The lowest BCUT2D eigenvalue weighted by atomic mass is 10.1. The predicted molar refractivity (Wildman–Crippen MR) is 151 cm³/mol. The third-order valence-electron chi connectivity index (χ3n) is 6.40. The number of carbonyl (C=O) groups is 2. The summed E-state index contributed by atoms with van der Waals surface area (Å²) >= 11 is 5.97. The van der Waals surface area contributed by atoms with Crippen LogP contribution in [-0.4, -0.2) is 43.8 Å². The molecule has 0 saturated carbocycles. The molecule has 0 aliphatic heterocycles. The van der Waals surface area contributed by atoms with Crippen LogP contribution in [0.15, 0.2) is 77.7 Å². The van der Waals surface area contributed by atoms with E-state index in [1.165, 1.54) is 53.4 Å². The van der Waals surface area contributed by atoms with Crippen LogP contribution in [0.3, 0.4) is 0 Å². The van der Waals surface area contributed by atoms with Crippen LogP contribution in [-0.2, 0) is 26.2 Å². The number of hydrogen-bond acceptors (Lipinski definition) is 4. The number of sulfonamides is 1. The molecular formula is C29H33ClFN3O4S. The Morgan fingerprint density at radius 3 is 2.23 bits per heavy atom. The van der Waals surface area contributed by atoms with Crippen LogP contribution >= 0.6 is 11.6 Å². The largest absolute Gasteiger partial charge is 0.352 e. The first-order valence-electron chi connectivity index (χ1n) is 12.6. The van der Waals surface area contributed by atoms with Gasteiger partial charge < -0.3 is 10.2 Å². The standard InChI is InChI=1S/C29H33ClFN3O4S/c1-5-21(3)32-29(36)22(4)33(18-23-9-13-25(31)14-10-23)28(35)19-34(26-8-6-7-20(2)17-26)39(37,38)27-15-11-24(30)12-16-27/h6-17,21-22H,5,18-19H2,1-4H3,(H,32,36)/t21-,22+/m0/s1. The smallest absolute Gasteiger partial charge is 0.264 e. The van der Waals surface area contributed by atoms with Gasteiger partial charge in [0.15, 0.2) is 0 Å². The molecular weight excluding hydrogens is 541 g/mol. The summed E-state index contributed by atoms with van der Waals surface area (Å²) in [7, 11) is -4.19. The molecule has 208 valence electrons. The molecule has 7 nitrogen and oxygen atoms in total. The van der Waals surface area contributed by atoms with Gasteiger partial charge in [-0.3, -0.25) is 13.9 Å². The molecule has 39 heavy (non-hydrogen) atoms. The fourth-order valence-corrected chi connectivity index (χ4v) is 5.41. The molecule has 3 aromatic carbocycles. The van der Waals surface area contributed by atoms with Gasteiger partial charge >= 0.3 is 0 Å². The van der Waals surface area contributed by atoms with Crippen molar-refractivity contribution in [3.8, 4) is 0 Å². The molecule has 0 fully saturated rings. The minimum absolute atomic E-state index is 0.0170. The highest BCUT2D eigenvalue weighted by molar-refractivity contribution is 7.92. The zero-order valence-corrected chi connectivity index (χ0v) is 24.0. The number of carbonyl (C=O) groups excluding carboxylic acids is 2. The Bertz CT molecular complexity index is 1400. The highest BCUT2D eigenvalue weighted by Gasteiger charge is 2.32. The fraction of sp³-hybridized carbons (Fsp3) is 0.310. The van der Waals surface area contributed by atoms with E-state index in [-0.39, 0.29) is 23.4 Å². The maximum Gasteiger partial charge on any atom is 0.264 e. The maximum atomic E-state index is 13.9. The van der Waals surface area contributed by atoms with E-state index in [4.69, 9.17) is 11.6 Å². The van der Waals surface area contributed by atoms with E-state index in [9.17, 15) is 22.4 Å². The Morgan fingerprint density at radius 1 is 1.00 bits per heavy atom. The molecule has 0 aromatic heterocycles. The Labute approximate surface area is 234 Å². The molecule has 10 heteroatoms. The molecule has 3 rings (SSSR count). The van der Waals surface area contributed by atoms with Crippen molar-refractivity contribution in [3.63, 3.8) is 0 Å². The van der Waals surface area contributed by atoms with Gasteiger partial charge in [0.1, 0.15) is 18.4 Å². The van der Waals surface area contributed by atoms with Crippen molar-refractivity contribution in [3.05, 3.63) is 94.8 Å². The van der Waals surface area contributed by atoms with Gasteiger partial charge in [-0.25, -0.2) is 12.8 Å². The van der Waals surface area contributed by atoms with Gasteiger partial charge in [0.25, 0.3) is 10.0 Å². The van der Waals surface area contributed by atoms with Crippen molar-refractivity contribution in [1.29, 1.82) is 0 Å². The van der Waals surface area contributed by atoms with E-state index in [0.717, 1.165) is 9.87 Å². The summed E-state index contributed by atoms with van der Waals surface area (Å²) in [5.41, 5.74) is 1.70. The monoisotopic (exact) mass is 573 g/mol. The van der Waals surface area contributed by atoms with Crippen LogP contribution in [0.1, 0.15) is 38.3 Å². The van der Waals surface area contributed by atoms with Gasteiger partial charge in [-0.05, 0) is 86.8 Å². The van der Waals surface area contributed by atoms with Crippen LogP contribution < -0.4 is 9.62 Å². The van der Waals surface area contributed by atoms with E-state index in [0.29, 0.717) is 22.7 Å². The number of benzene rings is 3. The quantitative estimate of drug-likeness (QED) is 0.337. The second-order valence-electron chi connectivity index (χ2n) is 9.45. The first-order valence-corrected chi connectivity index (χ1v) is 14.4. The van der Waals surface area contributed by atoms with Gasteiger partial charge in [0.05, 0.1) is 10.6 Å². The van der Waals surface area contributed by atoms with Gasteiger partial charge in [0.2, 0.25) is 11.8 Å². The number of anilines is 1. The molecule has 0 spiro atoms. The zero-order chi connectivity index (χ0) is 28.7. The Morgan fingerprint density at radius 2 is 1.64 bits per heavy atom. The number of amides is 2. The fourth-order valence-electron chi connectivity index (χ4n) is 3.88. The first kappa shape index (κ1) is 30.1. The zero-order valence-electron chi connectivity index (χ0n) is 22.4. The second-order valence-corrected chi connectivity index (χ2v) is 11.7. The van der Waals surface area contributed by atoms with Crippen molar-refractivity contribution in [2.75, 3.05) is 10.8 Å². The van der Waals surface area contributed by atoms with Gasteiger partial charge in [-0.15, -0.1) is 0 Å². The van der Waals surface area contributed by atoms with E-state index in [1.807, 2.05) is 26.8 Å². The highest BCUT2D eigenvalue weighted by Crippen LogP contribution is 2.26. The topological polar surface area (TPSA) is 86.8 Å². The number of nitrogens with zero attached hydrogens (tertiary/aromatic N) is 2. The summed E-state index contributed by atoms with van der Waals surface area (Å²) in [4.78, 5) is 28.2. The van der Waals surface area contributed by atoms with E-state index in [1.54, 1.807) is 25.1 Å². The lowest BCUT2D eigenvalue weighted by Crippen LogP contribution is -2.52. The van der Waals surface area contributed by atoms with Crippen LogP contribution in [0.2, 0.25) is 5.02 Å². The third kappa shape index (κ3) is 7.80. The minimum atomic E-state index is -4.19. The van der Waals surface area contributed by atoms with Gasteiger partial charge in [-0.2, -0.15) is 0 Å². The minimum Gasteiger partial charge on any atom is -0.352 e. The molecule has 0 saturated heterocycles. The van der Waals surface area contributed by atoms with Crippen LogP contribution in [0.4, 0.5) is 10.1 Å². The first-order chi connectivity index (χ1) is 18.4. The summed E-state index contributed by atoms with van der Waals surface area (Å²) in [6.45, 7) is 6.62. The Balaban J connectivity index is 2.02. The molecule has 0 radical (unpaired) electrons. The predicted octanol–water partition coefficient (Wildman–Crippen LogP) is 5.31. The van der Waals surface area contributed by atoms with Crippen LogP contribution in [0.5, 0.6) is 0 Å². The highest BCUT2D eigenvalue weighted by atomic mass is 35.5. The molecule has 0 heterocycles. The average molecular weight is 574 g/mol. The molecule has 1 N–H and O–H groups in total. The molecule has 2 amide bonds. The lowest BCUT2D eigenvalue weighted by molar-refractivity contribution is -0.139. The van der Waals surface area contributed by atoms with Gasteiger partial charge in [-0.1, -0.05) is 42.8 Å². The summed E-state index contributed by atoms with van der Waals surface area (Å²) in [5, 5.41) is 3.25. The molecule has 0 unspecified atom stereocenters. The number of aryl methyl sites for hydroxylation is 1.